The highest BCUT2D eigenvalue weighted by Gasteiger charge is 2.32. The molecule has 1 aliphatic heterocycles. The zero-order chi connectivity index (χ0) is 34.6. The molecule has 0 saturated carbocycles. The molecule has 0 atom stereocenters. The van der Waals surface area contributed by atoms with E-state index in [1.165, 1.54) is 64.3 Å². The fraction of sp³-hybridized carbons (Fsp3) is 0.235. The molecule has 0 bridgehead atoms. The molecule has 14 heteroatoms. The van der Waals surface area contributed by atoms with Crippen LogP contribution in [-0.4, -0.2) is 63.8 Å². The van der Waals surface area contributed by atoms with Gasteiger partial charge in [0.15, 0.2) is 0 Å². The first kappa shape index (κ1) is 33.4. The molecule has 7 heterocycles. The summed E-state index contributed by atoms with van der Waals surface area (Å²) in [5.41, 5.74) is 3.60. The highest BCUT2D eigenvalue weighted by molar-refractivity contribution is 5.85. The van der Waals surface area contributed by atoms with Gasteiger partial charge in [0.05, 0.1) is 64.8 Å². The highest BCUT2D eigenvalue weighted by Crippen LogP contribution is 2.32. The molecule has 0 aromatic carbocycles. The fourth-order valence-electron chi connectivity index (χ4n) is 4.36. The van der Waals surface area contributed by atoms with Gasteiger partial charge in [-0.3, -0.25) is 0 Å². The lowest BCUT2D eigenvalue weighted by atomic mass is 10.1. The quantitative estimate of drug-likeness (QED) is 0.180. The monoisotopic (exact) mass is 652 g/mol. The van der Waals surface area contributed by atoms with Crippen LogP contribution in [0.25, 0.3) is 33.3 Å². The van der Waals surface area contributed by atoms with Crippen LogP contribution < -0.4 is 4.74 Å². The molecule has 48 heavy (non-hydrogen) atoms. The molecule has 2 N–H and O–H groups in total. The van der Waals surface area contributed by atoms with Crippen LogP contribution in [0.1, 0.15) is 38.8 Å². The Balaban J connectivity index is 0.000000167. The second-order valence-electron chi connectivity index (χ2n) is 12.0. The van der Waals surface area contributed by atoms with E-state index in [0.29, 0.717) is 50.2 Å². The van der Waals surface area contributed by atoms with E-state index in [1.54, 1.807) is 32.2 Å². The predicted octanol–water partition coefficient (Wildman–Crippen LogP) is 5.46. The molecule has 1 saturated heterocycles. The Kier molecular flexibility index (Phi) is 9.33. The molecule has 0 aliphatic carbocycles. The number of aromatic nitrogens is 6. The van der Waals surface area contributed by atoms with Crippen molar-refractivity contribution in [1.29, 1.82) is 10.5 Å². The van der Waals surface area contributed by atoms with Crippen LogP contribution in [0.3, 0.4) is 0 Å². The summed E-state index contributed by atoms with van der Waals surface area (Å²) in [6.45, 7) is 8.47. The SMILES string of the molecule is CC(C)(O)COc1cc(-c2ccc(F)nc2)c2c(C#N)cnn2c1.CC1(C)CO1.N#Cc1cnn2cc(O)cc(-c3ccc(F)nc3)c12. The van der Waals surface area contributed by atoms with E-state index in [9.17, 15) is 24.3 Å². The molecule has 0 unspecified atom stereocenters. The number of epoxide rings is 1. The topological polar surface area (TPSA) is 170 Å². The molecule has 6 aromatic heterocycles. The van der Waals surface area contributed by atoms with E-state index in [0.717, 1.165) is 6.61 Å². The van der Waals surface area contributed by atoms with Crippen molar-refractivity contribution in [2.24, 2.45) is 0 Å². The van der Waals surface area contributed by atoms with Gasteiger partial charge in [-0.2, -0.15) is 29.5 Å². The standard InChI is InChI=1S/C17H15FN4O2.C13H7FN4O.C4H8O/c1-17(2,23)10-24-13-5-14(11-3-4-15(18)20-7-11)16-12(6-19)8-21-22(16)9-13;14-12-2-1-8(5-16-12)11-3-10(19)7-18-13(11)9(4-15)6-17-18;1-4(2)3-5-4/h3-5,7-9,23H,10H2,1-2H3;1-3,5-7,19H;3H2,1-2H3. The maximum atomic E-state index is 13.1. The molecule has 12 nitrogen and oxygen atoms in total. The molecule has 0 amide bonds. The van der Waals surface area contributed by atoms with Crippen molar-refractivity contribution in [2.75, 3.05) is 13.2 Å². The van der Waals surface area contributed by atoms with Crippen LogP contribution in [0.15, 0.2) is 73.6 Å². The van der Waals surface area contributed by atoms with E-state index in [1.807, 2.05) is 6.07 Å². The lowest BCUT2D eigenvalue weighted by molar-refractivity contribution is 0.0283. The first-order valence-electron chi connectivity index (χ1n) is 14.5. The predicted molar refractivity (Wildman–Crippen MR) is 170 cm³/mol. The van der Waals surface area contributed by atoms with Crippen LogP contribution in [0.4, 0.5) is 8.78 Å². The second kappa shape index (κ2) is 13.4. The van der Waals surface area contributed by atoms with Crippen LogP contribution >= 0.6 is 0 Å². The Hall–Kier alpha value is -5.96. The number of rotatable bonds is 5. The van der Waals surface area contributed by atoms with Gasteiger partial charge in [-0.15, -0.1) is 0 Å². The highest BCUT2D eigenvalue weighted by atomic mass is 19.1. The van der Waals surface area contributed by atoms with Crippen molar-refractivity contribution in [2.45, 2.75) is 38.9 Å². The number of hydrogen-bond acceptors (Lipinski definition) is 10. The molecule has 7 rings (SSSR count). The number of aromatic hydroxyl groups is 1. The van der Waals surface area contributed by atoms with Crippen LogP contribution in [0, 0.1) is 34.6 Å². The summed E-state index contributed by atoms with van der Waals surface area (Å²) >= 11 is 0. The largest absolute Gasteiger partial charge is 0.506 e. The van der Waals surface area contributed by atoms with Crippen molar-refractivity contribution >= 4 is 11.0 Å². The lowest BCUT2D eigenvalue weighted by Gasteiger charge is -2.18. The number of halogens is 2. The van der Waals surface area contributed by atoms with E-state index >= 15 is 0 Å². The smallest absolute Gasteiger partial charge is 0.212 e. The number of ether oxygens (including phenoxy) is 2. The number of nitriles is 2. The summed E-state index contributed by atoms with van der Waals surface area (Å²) in [6, 6.07) is 12.9. The number of nitrogens with zero attached hydrogens (tertiary/aromatic N) is 8. The molecule has 1 fully saturated rings. The Bertz CT molecular complexity index is 2150. The van der Waals surface area contributed by atoms with Crippen LogP contribution in [-0.2, 0) is 4.74 Å². The van der Waals surface area contributed by atoms with Gasteiger partial charge in [0.1, 0.15) is 30.2 Å². The summed E-state index contributed by atoms with van der Waals surface area (Å²) in [5, 5.41) is 46.0. The molecule has 1 aliphatic rings. The number of pyridine rings is 4. The first-order valence-corrected chi connectivity index (χ1v) is 14.5. The van der Waals surface area contributed by atoms with E-state index in [4.69, 9.17) is 14.7 Å². The summed E-state index contributed by atoms with van der Waals surface area (Å²) in [7, 11) is 0. The number of hydrogen-bond donors (Lipinski definition) is 2. The Labute approximate surface area is 273 Å². The first-order chi connectivity index (χ1) is 22.8. The van der Waals surface area contributed by atoms with Gasteiger partial charge >= 0.3 is 0 Å². The minimum atomic E-state index is -0.992. The zero-order valence-electron chi connectivity index (χ0n) is 26.4. The number of aliphatic hydroxyl groups is 1. The third-order valence-electron chi connectivity index (χ3n) is 6.82. The average molecular weight is 653 g/mol. The average Bonchev–Trinajstić information content (AvgIpc) is 3.40. The van der Waals surface area contributed by atoms with E-state index < -0.39 is 17.5 Å². The van der Waals surface area contributed by atoms with Gasteiger partial charge < -0.3 is 19.7 Å². The maximum Gasteiger partial charge on any atom is 0.212 e. The minimum absolute atomic E-state index is 0.000542. The fourth-order valence-corrected chi connectivity index (χ4v) is 4.36. The minimum Gasteiger partial charge on any atom is -0.506 e. The zero-order valence-corrected chi connectivity index (χ0v) is 26.4. The molecular weight excluding hydrogens is 622 g/mol. The molecule has 244 valence electrons. The van der Waals surface area contributed by atoms with Crippen molar-refractivity contribution < 1.29 is 28.5 Å². The lowest BCUT2D eigenvalue weighted by Crippen LogP contribution is -2.27. The van der Waals surface area contributed by atoms with E-state index in [-0.39, 0.29) is 18.0 Å². The molecule has 0 radical (unpaired) electrons. The van der Waals surface area contributed by atoms with Gasteiger partial charge in [0.2, 0.25) is 11.9 Å². The van der Waals surface area contributed by atoms with Crippen molar-refractivity contribution in [3.8, 4) is 45.9 Å². The Morgan fingerprint density at radius 2 is 1.35 bits per heavy atom. The van der Waals surface area contributed by atoms with Crippen LogP contribution in [0.2, 0.25) is 0 Å². The second-order valence-corrected chi connectivity index (χ2v) is 12.0. The Morgan fingerprint density at radius 3 is 1.77 bits per heavy atom. The van der Waals surface area contributed by atoms with E-state index in [2.05, 4.69) is 40.1 Å². The van der Waals surface area contributed by atoms with Gasteiger partial charge in [-0.1, -0.05) is 0 Å². The van der Waals surface area contributed by atoms with Gasteiger partial charge in [0, 0.05) is 34.6 Å². The molecule has 6 aromatic rings. The normalized spacial score (nSPS) is 13.0. The third-order valence-corrected chi connectivity index (χ3v) is 6.82. The molecule has 0 spiro atoms. The van der Waals surface area contributed by atoms with Crippen molar-refractivity contribution in [1.82, 2.24) is 29.2 Å². The summed E-state index contributed by atoms with van der Waals surface area (Å²) in [5.74, 6) is -0.705. The summed E-state index contributed by atoms with van der Waals surface area (Å²) < 4.78 is 39.4. The summed E-state index contributed by atoms with van der Waals surface area (Å²) in [4.78, 5) is 7.23. The van der Waals surface area contributed by atoms with Gasteiger partial charge in [0.25, 0.3) is 0 Å². The van der Waals surface area contributed by atoms with Gasteiger partial charge in [-0.25, -0.2) is 19.0 Å². The van der Waals surface area contributed by atoms with Gasteiger partial charge in [-0.05, 0) is 64.1 Å². The third kappa shape index (κ3) is 8.06. The molecular formula is C34H30F2N8O4. The Morgan fingerprint density at radius 1 is 0.875 bits per heavy atom. The summed E-state index contributed by atoms with van der Waals surface area (Å²) in [6.07, 6.45) is 8.63. The van der Waals surface area contributed by atoms with Crippen molar-refractivity contribution in [3.63, 3.8) is 0 Å². The number of fused-ring (bicyclic) bond motifs is 2. The van der Waals surface area contributed by atoms with Crippen LogP contribution in [0.5, 0.6) is 11.5 Å². The maximum absolute atomic E-state index is 13.1. The van der Waals surface area contributed by atoms with Crippen molar-refractivity contribution in [3.05, 3.63) is 96.6 Å².